The Hall–Kier alpha value is -0.500. The van der Waals surface area contributed by atoms with Gasteiger partial charge in [-0.2, -0.15) is 0 Å². The first-order valence-corrected chi connectivity index (χ1v) is 3.59. The highest BCUT2D eigenvalue weighted by molar-refractivity contribution is 7.08. The van der Waals surface area contributed by atoms with E-state index in [1.165, 1.54) is 5.56 Å². The Labute approximate surface area is 51.9 Å². The van der Waals surface area contributed by atoms with Gasteiger partial charge in [-0.25, -0.2) is 0 Å². The Morgan fingerprint density at radius 3 is 3.38 bits per heavy atom. The van der Waals surface area contributed by atoms with Gasteiger partial charge in [0.25, 0.3) is 0 Å². The molecule has 42 valence electrons. The molecule has 2 heterocycles. The molecular weight excluding hydrogens is 120 g/mol. The lowest BCUT2D eigenvalue weighted by atomic mass is 10.3. The van der Waals surface area contributed by atoms with Gasteiger partial charge in [0.05, 0.1) is 6.61 Å². The van der Waals surface area contributed by atoms with E-state index in [0.29, 0.717) is 0 Å². The molecule has 0 N–H and O–H groups in total. The zero-order valence-electron chi connectivity index (χ0n) is 4.39. The summed E-state index contributed by atoms with van der Waals surface area (Å²) in [5.41, 5.74) is 1.38. The van der Waals surface area contributed by atoms with Crippen LogP contribution in [0.1, 0.15) is 5.56 Å². The minimum atomic E-state index is 0.887. The summed E-state index contributed by atoms with van der Waals surface area (Å²) < 4.78 is 5.25. The molecule has 0 spiro atoms. The second-order valence-electron chi connectivity index (χ2n) is 1.86. The smallest absolute Gasteiger partial charge is 0.133 e. The Balaban J connectivity index is 2.54. The van der Waals surface area contributed by atoms with Crippen molar-refractivity contribution in [2.45, 2.75) is 6.42 Å². The summed E-state index contributed by atoms with van der Waals surface area (Å²) in [5, 5.41) is 4.21. The molecule has 0 atom stereocenters. The monoisotopic (exact) mass is 126 g/mol. The highest BCUT2D eigenvalue weighted by atomic mass is 32.1. The summed E-state index contributed by atoms with van der Waals surface area (Å²) in [6, 6.07) is 0. The average molecular weight is 126 g/mol. The molecule has 1 aromatic heterocycles. The molecule has 0 unspecified atom stereocenters. The summed E-state index contributed by atoms with van der Waals surface area (Å²) in [7, 11) is 0. The first-order valence-electron chi connectivity index (χ1n) is 2.65. The van der Waals surface area contributed by atoms with Crippen molar-refractivity contribution < 1.29 is 4.74 Å². The van der Waals surface area contributed by atoms with Crippen LogP contribution in [0.15, 0.2) is 10.8 Å². The molecule has 8 heavy (non-hydrogen) atoms. The van der Waals surface area contributed by atoms with E-state index >= 15 is 0 Å². The minimum Gasteiger partial charge on any atom is -0.492 e. The predicted octanol–water partition coefficient (Wildman–Crippen LogP) is 1.68. The molecule has 0 saturated carbocycles. The second-order valence-corrected chi connectivity index (χ2v) is 2.60. The molecule has 0 aromatic carbocycles. The van der Waals surface area contributed by atoms with Crippen LogP contribution in [-0.4, -0.2) is 6.61 Å². The number of rotatable bonds is 0. The Kier molecular flexibility index (Phi) is 0.815. The molecule has 0 aliphatic carbocycles. The molecule has 1 aromatic rings. The van der Waals surface area contributed by atoms with Crippen LogP contribution in [0.2, 0.25) is 0 Å². The third-order valence-electron chi connectivity index (χ3n) is 1.33. The quantitative estimate of drug-likeness (QED) is 0.514. The van der Waals surface area contributed by atoms with E-state index in [-0.39, 0.29) is 0 Å². The van der Waals surface area contributed by atoms with Gasteiger partial charge >= 0.3 is 0 Å². The van der Waals surface area contributed by atoms with Gasteiger partial charge in [0, 0.05) is 17.4 Å². The largest absolute Gasteiger partial charge is 0.492 e. The first kappa shape index (κ1) is 4.39. The normalized spacial score (nSPS) is 15.5. The second kappa shape index (κ2) is 1.49. The van der Waals surface area contributed by atoms with E-state index < -0.39 is 0 Å². The standard InChI is InChI=1S/C6H6OS/c1-2-7-6-4-8-3-5(1)6/h3-4H,1-2H2. The summed E-state index contributed by atoms with van der Waals surface area (Å²) in [4.78, 5) is 0. The molecule has 0 saturated heterocycles. The summed E-state index contributed by atoms with van der Waals surface area (Å²) in [5.74, 6) is 1.11. The summed E-state index contributed by atoms with van der Waals surface area (Å²) in [6.07, 6.45) is 1.11. The van der Waals surface area contributed by atoms with E-state index in [2.05, 4.69) is 10.8 Å². The van der Waals surface area contributed by atoms with E-state index in [1.807, 2.05) is 0 Å². The van der Waals surface area contributed by atoms with Crippen LogP contribution in [-0.2, 0) is 6.42 Å². The van der Waals surface area contributed by atoms with Crippen LogP contribution in [0.25, 0.3) is 0 Å². The molecule has 0 bridgehead atoms. The first-order chi connectivity index (χ1) is 3.97. The van der Waals surface area contributed by atoms with E-state index in [0.717, 1.165) is 18.8 Å². The van der Waals surface area contributed by atoms with Crippen LogP contribution in [0.4, 0.5) is 0 Å². The van der Waals surface area contributed by atoms with Crippen molar-refractivity contribution in [3.05, 3.63) is 16.3 Å². The zero-order valence-corrected chi connectivity index (χ0v) is 5.20. The maximum absolute atomic E-state index is 5.25. The molecule has 2 rings (SSSR count). The third-order valence-corrected chi connectivity index (χ3v) is 2.10. The average Bonchev–Trinajstić information content (AvgIpc) is 2.15. The van der Waals surface area contributed by atoms with E-state index in [9.17, 15) is 0 Å². The Morgan fingerprint density at radius 1 is 1.50 bits per heavy atom. The Morgan fingerprint density at radius 2 is 2.50 bits per heavy atom. The summed E-state index contributed by atoms with van der Waals surface area (Å²) in [6.45, 7) is 0.887. The Bertz CT molecular complexity index is 174. The van der Waals surface area contributed by atoms with Gasteiger partial charge in [-0.05, 0) is 5.38 Å². The van der Waals surface area contributed by atoms with Crippen LogP contribution >= 0.6 is 11.3 Å². The topological polar surface area (TPSA) is 9.23 Å². The lowest BCUT2D eigenvalue weighted by molar-refractivity contribution is 0.357. The predicted molar refractivity (Wildman–Crippen MR) is 33.5 cm³/mol. The molecule has 1 nitrogen and oxygen atoms in total. The zero-order chi connectivity index (χ0) is 5.40. The fraction of sp³-hybridized carbons (Fsp3) is 0.333. The van der Waals surface area contributed by atoms with Gasteiger partial charge in [0.1, 0.15) is 5.75 Å². The molecule has 2 heteroatoms. The van der Waals surface area contributed by atoms with Gasteiger partial charge < -0.3 is 4.74 Å². The minimum absolute atomic E-state index is 0.887. The molecular formula is C6H6OS. The van der Waals surface area contributed by atoms with Gasteiger partial charge in [0.2, 0.25) is 0 Å². The maximum Gasteiger partial charge on any atom is 0.133 e. The molecule has 1 aliphatic heterocycles. The summed E-state index contributed by atoms with van der Waals surface area (Å²) >= 11 is 1.72. The highest BCUT2D eigenvalue weighted by Crippen LogP contribution is 2.28. The fourth-order valence-electron chi connectivity index (χ4n) is 0.892. The van der Waals surface area contributed by atoms with Gasteiger partial charge in [-0.3, -0.25) is 0 Å². The van der Waals surface area contributed by atoms with Crippen molar-refractivity contribution in [1.29, 1.82) is 0 Å². The van der Waals surface area contributed by atoms with Crippen LogP contribution in [0.5, 0.6) is 5.75 Å². The van der Waals surface area contributed by atoms with Crippen molar-refractivity contribution in [2.75, 3.05) is 6.61 Å². The van der Waals surface area contributed by atoms with Gasteiger partial charge in [0.15, 0.2) is 0 Å². The van der Waals surface area contributed by atoms with Crippen molar-refractivity contribution in [3.8, 4) is 5.75 Å². The van der Waals surface area contributed by atoms with Gasteiger partial charge in [-0.1, -0.05) is 0 Å². The van der Waals surface area contributed by atoms with Crippen molar-refractivity contribution in [1.82, 2.24) is 0 Å². The van der Waals surface area contributed by atoms with Gasteiger partial charge in [-0.15, -0.1) is 11.3 Å². The molecule has 1 aliphatic rings. The van der Waals surface area contributed by atoms with Crippen LogP contribution in [0, 0.1) is 0 Å². The van der Waals surface area contributed by atoms with Crippen LogP contribution in [0.3, 0.4) is 0 Å². The number of ether oxygens (including phenoxy) is 1. The lowest BCUT2D eigenvalue weighted by Crippen LogP contribution is -1.86. The molecule has 0 fully saturated rings. The SMILES string of the molecule is c1scc2c1CCO2. The number of hydrogen-bond acceptors (Lipinski definition) is 2. The molecule has 0 amide bonds. The van der Waals surface area contributed by atoms with E-state index in [1.54, 1.807) is 11.3 Å². The lowest BCUT2D eigenvalue weighted by Gasteiger charge is -1.87. The van der Waals surface area contributed by atoms with Crippen molar-refractivity contribution in [2.24, 2.45) is 0 Å². The van der Waals surface area contributed by atoms with E-state index in [4.69, 9.17) is 4.74 Å². The van der Waals surface area contributed by atoms with Crippen molar-refractivity contribution in [3.63, 3.8) is 0 Å². The maximum atomic E-state index is 5.25. The molecule has 0 radical (unpaired) electrons. The van der Waals surface area contributed by atoms with Crippen LogP contribution < -0.4 is 4.74 Å². The fourth-order valence-corrected chi connectivity index (χ4v) is 1.70. The highest BCUT2D eigenvalue weighted by Gasteiger charge is 2.10. The number of hydrogen-bond donors (Lipinski definition) is 0. The third kappa shape index (κ3) is 0.464. The van der Waals surface area contributed by atoms with Crippen molar-refractivity contribution >= 4 is 11.3 Å². The number of thiophene rings is 1. The number of fused-ring (bicyclic) bond motifs is 1.